The van der Waals surface area contributed by atoms with Crippen LogP contribution in [0.1, 0.15) is 11.6 Å². The first-order valence-electron chi connectivity index (χ1n) is 7.18. The Morgan fingerprint density at radius 2 is 1.74 bits per heavy atom. The number of halogens is 2. The third-order valence-corrected chi connectivity index (χ3v) is 4.16. The van der Waals surface area contributed by atoms with E-state index in [1.165, 1.54) is 12.1 Å². The fraction of sp³-hybridized carbons (Fsp3) is 0.235. The second-order valence-electron chi connectivity index (χ2n) is 5.37. The van der Waals surface area contributed by atoms with Crippen molar-refractivity contribution >= 4 is 34.3 Å². The van der Waals surface area contributed by atoms with Gasteiger partial charge in [-0.05, 0) is 78.6 Å². The standard InChI is InChI=1S/C17H19FIN3O/c1-22(2)16(12-3-5-13(18)6-4-12)11-20-17(23)21-15-9-7-14(19)8-10-15/h3-10,16H,11H2,1-2H3,(H2,20,21,23). The zero-order chi connectivity index (χ0) is 16.8. The first kappa shape index (κ1) is 17.7. The van der Waals surface area contributed by atoms with Crippen LogP contribution < -0.4 is 10.6 Å². The van der Waals surface area contributed by atoms with Crippen molar-refractivity contribution in [3.63, 3.8) is 0 Å². The maximum Gasteiger partial charge on any atom is 0.319 e. The van der Waals surface area contributed by atoms with Crippen LogP contribution in [0, 0.1) is 9.39 Å². The molecule has 0 saturated heterocycles. The molecule has 0 radical (unpaired) electrons. The number of hydrogen-bond donors (Lipinski definition) is 2. The number of anilines is 1. The molecule has 0 aromatic heterocycles. The molecule has 0 bridgehead atoms. The van der Waals surface area contributed by atoms with Gasteiger partial charge in [0, 0.05) is 15.8 Å². The molecule has 4 nitrogen and oxygen atoms in total. The summed E-state index contributed by atoms with van der Waals surface area (Å²) in [6.07, 6.45) is 0. The number of likely N-dealkylation sites (N-methyl/N-ethyl adjacent to an activating group) is 1. The molecule has 0 heterocycles. The largest absolute Gasteiger partial charge is 0.336 e. The number of urea groups is 1. The minimum Gasteiger partial charge on any atom is -0.336 e. The molecule has 0 aliphatic heterocycles. The first-order valence-corrected chi connectivity index (χ1v) is 8.26. The first-order chi connectivity index (χ1) is 11.0. The molecule has 0 aliphatic rings. The van der Waals surface area contributed by atoms with Crippen molar-refractivity contribution < 1.29 is 9.18 Å². The predicted octanol–water partition coefficient (Wildman–Crippen LogP) is 3.85. The van der Waals surface area contributed by atoms with Gasteiger partial charge >= 0.3 is 6.03 Å². The number of benzene rings is 2. The van der Waals surface area contributed by atoms with Gasteiger partial charge < -0.3 is 15.5 Å². The Balaban J connectivity index is 1.94. The molecule has 0 spiro atoms. The molecule has 2 aromatic rings. The molecule has 2 aromatic carbocycles. The van der Waals surface area contributed by atoms with Gasteiger partial charge in [0.05, 0.1) is 6.04 Å². The second-order valence-corrected chi connectivity index (χ2v) is 6.62. The van der Waals surface area contributed by atoms with Gasteiger partial charge in [0.2, 0.25) is 0 Å². The van der Waals surface area contributed by atoms with Crippen LogP contribution in [0.25, 0.3) is 0 Å². The van der Waals surface area contributed by atoms with Crippen molar-refractivity contribution in [3.05, 3.63) is 63.5 Å². The molecule has 2 amide bonds. The zero-order valence-corrected chi connectivity index (χ0v) is 15.2. The molecule has 1 unspecified atom stereocenters. The van der Waals surface area contributed by atoms with E-state index in [0.29, 0.717) is 6.54 Å². The van der Waals surface area contributed by atoms with E-state index in [1.54, 1.807) is 12.1 Å². The highest BCUT2D eigenvalue weighted by atomic mass is 127. The van der Waals surface area contributed by atoms with E-state index >= 15 is 0 Å². The molecule has 122 valence electrons. The topological polar surface area (TPSA) is 44.4 Å². The van der Waals surface area contributed by atoms with Crippen molar-refractivity contribution in [2.24, 2.45) is 0 Å². The van der Waals surface area contributed by atoms with E-state index in [1.807, 2.05) is 43.3 Å². The molecular weight excluding hydrogens is 408 g/mol. The summed E-state index contributed by atoms with van der Waals surface area (Å²) in [5, 5.41) is 5.65. The highest BCUT2D eigenvalue weighted by Crippen LogP contribution is 2.18. The smallest absolute Gasteiger partial charge is 0.319 e. The lowest BCUT2D eigenvalue weighted by atomic mass is 10.1. The SMILES string of the molecule is CN(C)C(CNC(=O)Nc1ccc(I)cc1)c1ccc(F)cc1. The summed E-state index contributed by atoms with van der Waals surface area (Å²) in [7, 11) is 3.85. The van der Waals surface area contributed by atoms with Gasteiger partial charge in [0.1, 0.15) is 5.82 Å². The third kappa shape index (κ3) is 5.47. The Morgan fingerprint density at radius 3 is 2.30 bits per heavy atom. The van der Waals surface area contributed by atoms with Crippen molar-refractivity contribution in [2.45, 2.75) is 6.04 Å². The van der Waals surface area contributed by atoms with E-state index in [4.69, 9.17) is 0 Å². The van der Waals surface area contributed by atoms with E-state index in [9.17, 15) is 9.18 Å². The summed E-state index contributed by atoms with van der Waals surface area (Å²) in [4.78, 5) is 14.0. The fourth-order valence-corrected chi connectivity index (χ4v) is 2.54. The van der Waals surface area contributed by atoms with Crippen LogP contribution in [0.2, 0.25) is 0 Å². The van der Waals surface area contributed by atoms with E-state index in [0.717, 1.165) is 14.8 Å². The quantitative estimate of drug-likeness (QED) is 0.713. The summed E-state index contributed by atoms with van der Waals surface area (Å²) in [6, 6.07) is 13.6. The highest BCUT2D eigenvalue weighted by molar-refractivity contribution is 14.1. The molecule has 23 heavy (non-hydrogen) atoms. The molecule has 0 fully saturated rings. The Morgan fingerprint density at radius 1 is 1.13 bits per heavy atom. The second kappa shape index (κ2) is 8.26. The Hall–Kier alpha value is -1.67. The fourth-order valence-electron chi connectivity index (χ4n) is 2.18. The van der Waals surface area contributed by atoms with Gasteiger partial charge in [-0.3, -0.25) is 0 Å². The molecule has 1 atom stereocenters. The van der Waals surface area contributed by atoms with Crippen LogP contribution in [0.4, 0.5) is 14.9 Å². The number of nitrogens with one attached hydrogen (secondary N) is 2. The summed E-state index contributed by atoms with van der Waals surface area (Å²) < 4.78 is 14.2. The summed E-state index contributed by atoms with van der Waals surface area (Å²) in [6.45, 7) is 0.425. The molecule has 2 N–H and O–H groups in total. The van der Waals surface area contributed by atoms with Crippen LogP contribution in [-0.4, -0.2) is 31.6 Å². The monoisotopic (exact) mass is 427 g/mol. The number of amides is 2. The van der Waals surface area contributed by atoms with Crippen molar-refractivity contribution in [2.75, 3.05) is 26.0 Å². The zero-order valence-electron chi connectivity index (χ0n) is 13.0. The normalized spacial score (nSPS) is 12.0. The van der Waals surface area contributed by atoms with Crippen LogP contribution in [0.3, 0.4) is 0 Å². The van der Waals surface area contributed by atoms with Crippen LogP contribution in [0.5, 0.6) is 0 Å². The van der Waals surface area contributed by atoms with Gasteiger partial charge in [-0.2, -0.15) is 0 Å². The lowest BCUT2D eigenvalue weighted by molar-refractivity contribution is 0.243. The number of nitrogens with zero attached hydrogens (tertiary/aromatic N) is 1. The Labute approximate surface area is 149 Å². The van der Waals surface area contributed by atoms with Crippen LogP contribution in [0.15, 0.2) is 48.5 Å². The van der Waals surface area contributed by atoms with Crippen LogP contribution in [-0.2, 0) is 0 Å². The van der Waals surface area contributed by atoms with Crippen molar-refractivity contribution in [1.29, 1.82) is 0 Å². The summed E-state index contributed by atoms with van der Waals surface area (Å²) >= 11 is 2.21. The molecule has 0 saturated carbocycles. The van der Waals surface area contributed by atoms with Gasteiger partial charge in [-0.15, -0.1) is 0 Å². The average Bonchev–Trinajstić information content (AvgIpc) is 2.51. The van der Waals surface area contributed by atoms with Gasteiger partial charge in [0.15, 0.2) is 0 Å². The summed E-state index contributed by atoms with van der Waals surface area (Å²) in [5.74, 6) is -0.268. The van der Waals surface area contributed by atoms with Gasteiger partial charge in [0.25, 0.3) is 0 Å². The van der Waals surface area contributed by atoms with E-state index in [-0.39, 0.29) is 17.9 Å². The Kier molecular flexibility index (Phi) is 6.35. The number of carbonyl (C=O) groups is 1. The molecule has 2 rings (SSSR count). The Bertz CT molecular complexity index is 644. The van der Waals surface area contributed by atoms with Crippen molar-refractivity contribution in [1.82, 2.24) is 10.2 Å². The minimum absolute atomic E-state index is 0.0296. The number of carbonyl (C=O) groups excluding carboxylic acids is 1. The maximum atomic E-state index is 13.0. The van der Waals surface area contributed by atoms with E-state index < -0.39 is 0 Å². The van der Waals surface area contributed by atoms with Gasteiger partial charge in [-0.25, -0.2) is 9.18 Å². The minimum atomic E-state index is -0.268. The van der Waals surface area contributed by atoms with E-state index in [2.05, 4.69) is 33.2 Å². The number of rotatable bonds is 5. The predicted molar refractivity (Wildman–Crippen MR) is 99.0 cm³/mol. The van der Waals surface area contributed by atoms with Crippen LogP contribution >= 0.6 is 22.6 Å². The average molecular weight is 427 g/mol. The van der Waals surface area contributed by atoms with Crippen molar-refractivity contribution in [3.8, 4) is 0 Å². The maximum absolute atomic E-state index is 13.0. The lowest BCUT2D eigenvalue weighted by Gasteiger charge is -2.25. The number of hydrogen-bond acceptors (Lipinski definition) is 2. The third-order valence-electron chi connectivity index (χ3n) is 3.44. The lowest BCUT2D eigenvalue weighted by Crippen LogP contribution is -2.36. The highest BCUT2D eigenvalue weighted by Gasteiger charge is 2.15. The molecular formula is C17H19FIN3O. The molecule has 0 aliphatic carbocycles. The van der Waals surface area contributed by atoms with Gasteiger partial charge in [-0.1, -0.05) is 12.1 Å². The summed E-state index contributed by atoms with van der Waals surface area (Å²) in [5.41, 5.74) is 1.69. The molecule has 6 heteroatoms.